The van der Waals surface area contributed by atoms with Crippen LogP contribution < -0.4 is 14.3 Å². The second kappa shape index (κ2) is 6.64. The van der Waals surface area contributed by atoms with Gasteiger partial charge in [-0.2, -0.15) is 26.3 Å². The van der Waals surface area contributed by atoms with Gasteiger partial charge in [0, 0.05) is 0 Å². The van der Waals surface area contributed by atoms with Crippen molar-refractivity contribution in [1.82, 2.24) is 0 Å². The van der Waals surface area contributed by atoms with E-state index in [1.165, 1.54) is 12.1 Å². The van der Waals surface area contributed by atoms with Crippen LogP contribution in [0, 0.1) is 0 Å². The summed E-state index contributed by atoms with van der Waals surface area (Å²) in [5, 5.41) is 11.6. The molecule has 3 nitrogen and oxygen atoms in total. The van der Waals surface area contributed by atoms with Crippen LogP contribution in [0.2, 0.25) is 0 Å². The van der Waals surface area contributed by atoms with Crippen molar-refractivity contribution in [2.24, 2.45) is 0 Å². The van der Waals surface area contributed by atoms with Crippen LogP contribution in [0.25, 0.3) is 0 Å². The van der Waals surface area contributed by atoms with Crippen molar-refractivity contribution < 1.29 is 40.7 Å². The molecule has 0 atom stereocenters. The predicted octanol–water partition coefficient (Wildman–Crippen LogP) is 3.53. The van der Waals surface area contributed by atoms with E-state index in [2.05, 4.69) is 9.31 Å². The van der Waals surface area contributed by atoms with Crippen molar-refractivity contribution in [2.45, 2.75) is 12.4 Å². The average molecular weight is 349 g/mol. The summed E-state index contributed by atoms with van der Waals surface area (Å²) in [6, 6.07) is 7.60. The van der Waals surface area contributed by atoms with E-state index < -0.39 is 42.3 Å². The minimum Gasteiger partial charge on any atom is -0.808 e. The first-order valence-corrected chi connectivity index (χ1v) is 6.40. The number of alkyl halides is 6. The van der Waals surface area contributed by atoms with Crippen molar-refractivity contribution in [3.63, 3.8) is 0 Å². The lowest BCUT2D eigenvalue weighted by Gasteiger charge is -2.24. The first kappa shape index (κ1) is 18.0. The third-order valence-corrected chi connectivity index (χ3v) is 2.83. The van der Waals surface area contributed by atoms with Crippen molar-refractivity contribution >= 4 is 7.32 Å². The number of hydrogen-bond donors (Lipinski definition) is 0. The van der Waals surface area contributed by atoms with Crippen LogP contribution in [-0.2, 0) is 12.4 Å². The van der Waals surface area contributed by atoms with E-state index in [4.69, 9.17) is 0 Å². The topological polar surface area (TPSA) is 41.5 Å². The Kier molecular flexibility index (Phi) is 4.98. The van der Waals surface area contributed by atoms with E-state index in [9.17, 15) is 31.4 Å². The molecule has 0 radical (unpaired) electrons. The molecule has 0 aliphatic heterocycles. The van der Waals surface area contributed by atoms with E-state index in [0.29, 0.717) is 12.1 Å². The Hall–Kier alpha value is -2.36. The zero-order chi connectivity index (χ0) is 18.0. The molecule has 10 heteroatoms. The van der Waals surface area contributed by atoms with Gasteiger partial charge in [0.2, 0.25) is 0 Å². The molecule has 0 aromatic heterocycles. The Morgan fingerprint density at radius 3 is 1.33 bits per heavy atom. The lowest BCUT2D eigenvalue weighted by molar-refractivity contribution is -0.236. The van der Waals surface area contributed by atoms with E-state index >= 15 is 0 Å². The molecule has 0 unspecified atom stereocenters. The second-order valence-electron chi connectivity index (χ2n) is 4.51. The highest BCUT2D eigenvalue weighted by Crippen LogP contribution is 2.37. The molecule has 2 aromatic carbocycles. The normalized spacial score (nSPS) is 12.0. The van der Waals surface area contributed by atoms with Crippen LogP contribution in [0.15, 0.2) is 48.5 Å². The highest BCUT2D eigenvalue weighted by atomic mass is 19.4. The van der Waals surface area contributed by atoms with Gasteiger partial charge in [-0.3, -0.25) is 0 Å². The Morgan fingerprint density at radius 2 is 1.00 bits per heavy atom. The first-order chi connectivity index (χ1) is 11.1. The van der Waals surface area contributed by atoms with E-state index in [1.807, 2.05) is 0 Å². The van der Waals surface area contributed by atoms with Gasteiger partial charge in [-0.05, 0) is 24.3 Å². The van der Waals surface area contributed by atoms with Gasteiger partial charge in [-0.25, -0.2) is 0 Å². The van der Waals surface area contributed by atoms with Crippen molar-refractivity contribution in [3.05, 3.63) is 59.7 Å². The quantitative estimate of drug-likeness (QED) is 0.627. The summed E-state index contributed by atoms with van der Waals surface area (Å²) in [6.45, 7) is 0. The molecule has 24 heavy (non-hydrogen) atoms. The maximum Gasteiger partial charge on any atom is 0.492 e. The summed E-state index contributed by atoms with van der Waals surface area (Å²) in [6.07, 6.45) is -9.58. The average Bonchev–Trinajstić information content (AvgIpc) is 2.46. The van der Waals surface area contributed by atoms with Crippen molar-refractivity contribution in [2.75, 3.05) is 0 Å². The fourth-order valence-electron chi connectivity index (χ4n) is 1.84. The molecule has 0 spiro atoms. The third kappa shape index (κ3) is 4.35. The van der Waals surface area contributed by atoms with Crippen LogP contribution in [0.4, 0.5) is 26.3 Å². The zero-order valence-corrected chi connectivity index (χ0v) is 11.7. The van der Waals surface area contributed by atoms with Gasteiger partial charge < -0.3 is 14.3 Å². The molecule has 0 heterocycles. The van der Waals surface area contributed by atoms with Crippen molar-refractivity contribution in [1.29, 1.82) is 0 Å². The molecule has 0 aliphatic rings. The first-order valence-electron chi connectivity index (χ1n) is 6.40. The summed E-state index contributed by atoms with van der Waals surface area (Å²) in [5.41, 5.74) is -2.47. The molecule has 0 N–H and O–H groups in total. The monoisotopic (exact) mass is 349 g/mol. The van der Waals surface area contributed by atoms with E-state index in [1.54, 1.807) is 0 Å². The largest absolute Gasteiger partial charge is 0.808 e. The van der Waals surface area contributed by atoms with Gasteiger partial charge in [0.05, 0.1) is 11.1 Å². The Morgan fingerprint density at radius 1 is 0.667 bits per heavy atom. The van der Waals surface area contributed by atoms with Gasteiger partial charge in [0.15, 0.2) is 0 Å². The maximum absolute atomic E-state index is 12.8. The number of rotatable bonds is 4. The van der Waals surface area contributed by atoms with Gasteiger partial charge in [-0.15, -0.1) is 0 Å². The van der Waals surface area contributed by atoms with Gasteiger partial charge >= 0.3 is 19.7 Å². The smallest absolute Gasteiger partial charge is 0.492 e. The molecule has 0 bridgehead atoms. The molecular weight excluding hydrogens is 341 g/mol. The minimum absolute atomic E-state index is 0.672. The molecule has 128 valence electrons. The summed E-state index contributed by atoms with van der Waals surface area (Å²) < 4.78 is 85.6. The summed E-state index contributed by atoms with van der Waals surface area (Å²) >= 11 is 0. The number of para-hydroxylation sites is 2. The highest BCUT2D eigenvalue weighted by Gasteiger charge is 2.36. The Balaban J connectivity index is 2.21. The molecule has 0 saturated carbocycles. The SMILES string of the molecule is [O-]B(Oc1ccccc1C(F)(F)F)Oc1ccccc1C(F)(F)F. The third-order valence-electron chi connectivity index (χ3n) is 2.83. The maximum atomic E-state index is 12.8. The van der Waals surface area contributed by atoms with Gasteiger partial charge in [-0.1, -0.05) is 24.3 Å². The lowest BCUT2D eigenvalue weighted by atomic mass is 10.1. The number of halogens is 6. The minimum atomic E-state index is -4.79. The molecule has 0 saturated heterocycles. The fraction of sp³-hybridized carbons (Fsp3) is 0.143. The van der Waals surface area contributed by atoms with Crippen LogP contribution in [-0.4, -0.2) is 7.32 Å². The molecule has 0 aliphatic carbocycles. The molecule has 0 fully saturated rings. The summed E-state index contributed by atoms with van der Waals surface area (Å²) in [5.74, 6) is -1.68. The van der Waals surface area contributed by atoms with Crippen LogP contribution in [0.3, 0.4) is 0 Å². The summed E-state index contributed by atoms with van der Waals surface area (Å²) in [7, 11) is -2.61. The summed E-state index contributed by atoms with van der Waals surface area (Å²) in [4.78, 5) is 0. The second-order valence-corrected chi connectivity index (χ2v) is 4.51. The predicted molar refractivity (Wildman–Crippen MR) is 69.9 cm³/mol. The number of benzene rings is 2. The molecular formula is C14H8BF6O3-. The van der Waals surface area contributed by atoms with Crippen LogP contribution >= 0.6 is 0 Å². The standard InChI is InChI=1S/C14H8BF6O3/c16-13(17,18)9-5-1-3-7-11(9)23-15(22)24-12-8-4-2-6-10(12)14(19,20)21/h1-8H/q-1. The van der Waals surface area contributed by atoms with E-state index in [-0.39, 0.29) is 0 Å². The van der Waals surface area contributed by atoms with Crippen LogP contribution in [0.5, 0.6) is 11.5 Å². The highest BCUT2D eigenvalue weighted by molar-refractivity contribution is 6.34. The number of hydrogen-bond acceptors (Lipinski definition) is 3. The zero-order valence-electron chi connectivity index (χ0n) is 11.7. The Bertz CT molecular complexity index is 642. The van der Waals surface area contributed by atoms with E-state index in [0.717, 1.165) is 24.3 Å². The Labute approximate surface area is 132 Å². The van der Waals surface area contributed by atoms with Gasteiger partial charge in [0.25, 0.3) is 0 Å². The van der Waals surface area contributed by atoms with Gasteiger partial charge in [0.1, 0.15) is 11.5 Å². The molecule has 0 amide bonds. The fourth-order valence-corrected chi connectivity index (χ4v) is 1.84. The molecule has 2 rings (SSSR count). The van der Waals surface area contributed by atoms with Crippen LogP contribution in [0.1, 0.15) is 11.1 Å². The lowest BCUT2D eigenvalue weighted by Crippen LogP contribution is -2.44. The molecule has 2 aromatic rings. The van der Waals surface area contributed by atoms with Crippen molar-refractivity contribution in [3.8, 4) is 11.5 Å².